The third kappa shape index (κ3) is 4.08. The molecule has 4 aromatic rings. The molecule has 0 radical (unpaired) electrons. The normalized spacial score (nSPS) is 14.3. The van der Waals surface area contributed by atoms with Crippen LogP contribution < -0.4 is 14.8 Å². The van der Waals surface area contributed by atoms with Crippen molar-refractivity contribution in [3.05, 3.63) is 59.2 Å². The molecule has 0 unspecified atom stereocenters. The lowest BCUT2D eigenvalue weighted by Crippen LogP contribution is -2.29. The summed E-state index contributed by atoms with van der Waals surface area (Å²) in [6.45, 7) is 1.81. The molecule has 2 N–H and O–H groups in total. The molecule has 1 aliphatic heterocycles. The molecular formula is C25H24F2N6O2. The van der Waals surface area contributed by atoms with Gasteiger partial charge in [-0.1, -0.05) is 0 Å². The molecule has 180 valence electrons. The summed E-state index contributed by atoms with van der Waals surface area (Å²) < 4.78 is 41.9. The van der Waals surface area contributed by atoms with Gasteiger partial charge < -0.3 is 19.8 Å². The monoisotopic (exact) mass is 478 g/mol. The number of pyridine rings is 1. The van der Waals surface area contributed by atoms with E-state index in [2.05, 4.69) is 26.5 Å². The minimum atomic E-state index is -0.778. The molecule has 5 rings (SSSR count). The molecule has 8 nitrogen and oxygen atoms in total. The summed E-state index contributed by atoms with van der Waals surface area (Å²) >= 11 is 0. The topological polar surface area (TPSA) is 101 Å². The largest absolute Gasteiger partial charge is 0.494 e. The van der Waals surface area contributed by atoms with Gasteiger partial charge in [0.05, 0.1) is 20.3 Å². The van der Waals surface area contributed by atoms with Gasteiger partial charge in [0.2, 0.25) is 0 Å². The molecule has 1 fully saturated rings. The number of piperidine rings is 1. The predicted molar refractivity (Wildman–Crippen MR) is 125 cm³/mol. The van der Waals surface area contributed by atoms with Gasteiger partial charge in [-0.3, -0.25) is 4.68 Å². The van der Waals surface area contributed by atoms with Crippen molar-refractivity contribution in [2.45, 2.75) is 25.3 Å². The standard InChI is InChI=1S/C25H24F2N6O2/c1-34-21-9-22(35-2)24(27)18(23(21)26)8-14-11-30-25-17(14)7-15(12-31-25)19-13-33(32-20(19)10-28)16-3-5-29-6-4-16/h7,9,11-13,16,29H,3-6,8H2,1-2H3,(H,30,31). The minimum absolute atomic E-state index is 0.0458. The fourth-order valence-electron chi connectivity index (χ4n) is 4.58. The quantitative estimate of drug-likeness (QED) is 0.433. The molecule has 0 aliphatic carbocycles. The molecule has 1 aromatic carbocycles. The first-order valence-corrected chi connectivity index (χ1v) is 11.3. The molecule has 10 heteroatoms. The van der Waals surface area contributed by atoms with E-state index < -0.39 is 11.6 Å². The van der Waals surface area contributed by atoms with Gasteiger partial charge in [0.25, 0.3) is 0 Å². The average Bonchev–Trinajstić information content (AvgIpc) is 3.51. The average molecular weight is 479 g/mol. The fraction of sp³-hybridized carbons (Fsp3) is 0.320. The number of hydrogen-bond donors (Lipinski definition) is 2. The molecule has 0 atom stereocenters. The van der Waals surface area contributed by atoms with Gasteiger partial charge in [0, 0.05) is 53.2 Å². The van der Waals surface area contributed by atoms with E-state index in [-0.39, 0.29) is 29.5 Å². The molecule has 0 saturated carbocycles. The summed E-state index contributed by atoms with van der Waals surface area (Å²) in [6, 6.07) is 5.46. The van der Waals surface area contributed by atoms with Crippen molar-refractivity contribution in [3.63, 3.8) is 0 Å². The van der Waals surface area contributed by atoms with Crippen molar-refractivity contribution in [2.75, 3.05) is 27.3 Å². The van der Waals surface area contributed by atoms with Crippen LogP contribution in [-0.4, -0.2) is 47.1 Å². The van der Waals surface area contributed by atoms with Gasteiger partial charge in [-0.25, -0.2) is 13.8 Å². The van der Waals surface area contributed by atoms with Crippen LogP contribution in [0, 0.1) is 23.0 Å². The van der Waals surface area contributed by atoms with Crippen molar-refractivity contribution < 1.29 is 18.3 Å². The number of fused-ring (bicyclic) bond motifs is 1. The number of nitriles is 1. The van der Waals surface area contributed by atoms with Crippen LogP contribution in [0.4, 0.5) is 8.78 Å². The summed E-state index contributed by atoms with van der Waals surface area (Å²) in [6.07, 6.45) is 7.06. The first-order chi connectivity index (χ1) is 17.0. The number of hydrogen-bond acceptors (Lipinski definition) is 6. The Balaban J connectivity index is 1.55. The number of methoxy groups -OCH3 is 2. The van der Waals surface area contributed by atoms with E-state index in [0.29, 0.717) is 33.4 Å². The van der Waals surface area contributed by atoms with E-state index >= 15 is 0 Å². The van der Waals surface area contributed by atoms with Crippen LogP contribution in [0.1, 0.15) is 35.7 Å². The predicted octanol–water partition coefficient (Wildman–Crippen LogP) is 4.11. The number of nitrogens with zero attached hydrogens (tertiary/aromatic N) is 4. The van der Waals surface area contributed by atoms with Gasteiger partial charge in [-0.15, -0.1) is 0 Å². The Labute approximate surface area is 200 Å². The highest BCUT2D eigenvalue weighted by Crippen LogP contribution is 2.35. The second-order valence-electron chi connectivity index (χ2n) is 8.46. The van der Waals surface area contributed by atoms with Crippen LogP contribution in [0.15, 0.2) is 30.7 Å². The van der Waals surface area contributed by atoms with Crippen molar-refractivity contribution >= 4 is 11.0 Å². The lowest BCUT2D eigenvalue weighted by molar-refractivity contribution is 0.343. The third-order valence-corrected chi connectivity index (χ3v) is 6.48. The molecule has 1 aliphatic rings. The van der Waals surface area contributed by atoms with Crippen LogP contribution >= 0.6 is 0 Å². The van der Waals surface area contributed by atoms with Crippen LogP contribution in [0.3, 0.4) is 0 Å². The molecule has 0 bridgehead atoms. The lowest BCUT2D eigenvalue weighted by atomic mass is 10.0. The Morgan fingerprint density at radius 2 is 1.86 bits per heavy atom. The number of H-pyrrole nitrogens is 1. The first kappa shape index (κ1) is 22.8. The highest BCUT2D eigenvalue weighted by molar-refractivity contribution is 5.85. The van der Waals surface area contributed by atoms with E-state index in [9.17, 15) is 14.0 Å². The summed E-state index contributed by atoms with van der Waals surface area (Å²) in [7, 11) is 2.64. The minimum Gasteiger partial charge on any atom is -0.494 e. The van der Waals surface area contributed by atoms with E-state index in [0.717, 1.165) is 25.9 Å². The second kappa shape index (κ2) is 9.35. The Morgan fingerprint density at radius 1 is 1.14 bits per heavy atom. The maximum absolute atomic E-state index is 15.0. The molecule has 0 amide bonds. The van der Waals surface area contributed by atoms with Crippen molar-refractivity contribution in [3.8, 4) is 28.7 Å². The SMILES string of the molecule is COc1cc(OC)c(F)c(Cc2c[nH]c3ncc(-c4cn(C5CCNCC5)nc4C#N)cc23)c1F. The number of aromatic nitrogens is 4. The maximum Gasteiger partial charge on any atom is 0.171 e. The molecule has 1 saturated heterocycles. The summed E-state index contributed by atoms with van der Waals surface area (Å²) in [4.78, 5) is 7.54. The number of nitrogens with one attached hydrogen (secondary N) is 2. The number of ether oxygens (including phenoxy) is 2. The van der Waals surface area contributed by atoms with Gasteiger partial charge in [0.15, 0.2) is 28.8 Å². The smallest absolute Gasteiger partial charge is 0.171 e. The highest BCUT2D eigenvalue weighted by Gasteiger charge is 2.23. The molecule has 4 heterocycles. The summed E-state index contributed by atoms with van der Waals surface area (Å²) in [5, 5.41) is 18.2. The highest BCUT2D eigenvalue weighted by atomic mass is 19.1. The lowest BCUT2D eigenvalue weighted by Gasteiger charge is -2.22. The van der Waals surface area contributed by atoms with Crippen molar-refractivity contribution in [1.29, 1.82) is 5.26 Å². The van der Waals surface area contributed by atoms with Crippen LogP contribution in [0.5, 0.6) is 11.5 Å². The van der Waals surface area contributed by atoms with Crippen LogP contribution in [0.2, 0.25) is 0 Å². The van der Waals surface area contributed by atoms with Gasteiger partial charge in [0.1, 0.15) is 11.7 Å². The van der Waals surface area contributed by atoms with E-state index in [1.54, 1.807) is 12.4 Å². The Hall–Kier alpha value is -3.97. The van der Waals surface area contributed by atoms with Crippen molar-refractivity contribution in [1.82, 2.24) is 25.1 Å². The molecule has 0 spiro atoms. The molecular weight excluding hydrogens is 454 g/mol. The first-order valence-electron chi connectivity index (χ1n) is 11.3. The Morgan fingerprint density at radius 3 is 2.51 bits per heavy atom. The van der Waals surface area contributed by atoms with E-state index in [1.165, 1.54) is 20.3 Å². The van der Waals surface area contributed by atoms with Crippen molar-refractivity contribution in [2.24, 2.45) is 0 Å². The third-order valence-electron chi connectivity index (χ3n) is 6.48. The number of rotatable bonds is 6. The Bertz CT molecular complexity index is 1400. The number of aromatic amines is 1. The summed E-state index contributed by atoms with van der Waals surface area (Å²) in [5.74, 6) is -1.75. The zero-order valence-corrected chi connectivity index (χ0v) is 19.4. The second-order valence-corrected chi connectivity index (χ2v) is 8.46. The van der Waals surface area contributed by atoms with Gasteiger partial charge >= 0.3 is 0 Å². The zero-order chi connectivity index (χ0) is 24.5. The van der Waals surface area contributed by atoms with Crippen LogP contribution in [-0.2, 0) is 6.42 Å². The zero-order valence-electron chi connectivity index (χ0n) is 19.4. The molecule has 35 heavy (non-hydrogen) atoms. The Kier molecular flexibility index (Phi) is 6.09. The van der Waals surface area contributed by atoms with E-state index in [4.69, 9.17) is 9.47 Å². The maximum atomic E-state index is 15.0. The van der Waals surface area contributed by atoms with Gasteiger partial charge in [-0.2, -0.15) is 10.4 Å². The fourth-order valence-corrected chi connectivity index (χ4v) is 4.58. The van der Waals surface area contributed by atoms with Gasteiger partial charge in [-0.05, 0) is 37.6 Å². The summed E-state index contributed by atoms with van der Waals surface area (Å²) in [5.41, 5.74) is 2.75. The molecule has 3 aromatic heterocycles. The number of halogens is 2. The van der Waals surface area contributed by atoms with E-state index in [1.807, 2.05) is 16.9 Å². The number of benzene rings is 1. The van der Waals surface area contributed by atoms with Crippen LogP contribution in [0.25, 0.3) is 22.2 Å².